The summed E-state index contributed by atoms with van der Waals surface area (Å²) in [7, 11) is 0. The maximum atomic E-state index is 13.5. The molecule has 10 heteroatoms. The molecule has 0 unspecified atom stereocenters. The van der Waals surface area contributed by atoms with Gasteiger partial charge in [-0.05, 0) is 61.6 Å². The van der Waals surface area contributed by atoms with Gasteiger partial charge in [-0.1, -0.05) is 36.2 Å². The lowest BCUT2D eigenvalue weighted by molar-refractivity contribution is -0.131. The molecule has 1 aliphatic rings. The van der Waals surface area contributed by atoms with E-state index >= 15 is 0 Å². The van der Waals surface area contributed by atoms with Crippen molar-refractivity contribution in [2.75, 3.05) is 13.1 Å². The Balaban J connectivity index is 1.30. The third kappa shape index (κ3) is 5.94. The molecule has 2 amide bonds. The van der Waals surface area contributed by atoms with Crippen molar-refractivity contribution in [3.05, 3.63) is 63.6 Å². The zero-order valence-corrected chi connectivity index (χ0v) is 21.1. The van der Waals surface area contributed by atoms with Gasteiger partial charge in [-0.25, -0.2) is 9.37 Å². The van der Waals surface area contributed by atoms with Gasteiger partial charge in [-0.3, -0.25) is 14.5 Å². The summed E-state index contributed by atoms with van der Waals surface area (Å²) in [6.07, 6.45) is 4.71. The van der Waals surface area contributed by atoms with E-state index in [1.54, 1.807) is 31.5 Å². The van der Waals surface area contributed by atoms with Gasteiger partial charge in [0.2, 0.25) is 11.8 Å². The predicted molar refractivity (Wildman–Crippen MR) is 135 cm³/mol. The molecule has 3 heterocycles. The molecule has 3 atom stereocenters. The van der Waals surface area contributed by atoms with Crippen LogP contribution in [0.2, 0.25) is 10.0 Å². The monoisotopic (exact) mass is 519 g/mol. The number of rotatable bonds is 8. The van der Waals surface area contributed by atoms with Crippen molar-refractivity contribution in [1.29, 1.82) is 0 Å². The fraction of sp³-hybridized carbons (Fsp3) is 0.400. The number of aromatic amines is 1. The second-order valence-electron chi connectivity index (χ2n) is 8.98. The first-order valence-electron chi connectivity index (χ1n) is 11.6. The average molecular weight is 520 g/mol. The summed E-state index contributed by atoms with van der Waals surface area (Å²) in [4.78, 5) is 35.0. The molecule has 0 bridgehead atoms. The van der Waals surface area contributed by atoms with Gasteiger partial charge in [0.05, 0.1) is 16.1 Å². The van der Waals surface area contributed by atoms with E-state index < -0.39 is 11.9 Å². The largest absolute Gasteiger partial charge is 0.350 e. The maximum Gasteiger partial charge on any atom is 0.242 e. The molecule has 0 aliphatic carbocycles. The van der Waals surface area contributed by atoms with E-state index in [-0.39, 0.29) is 35.3 Å². The molecule has 3 N–H and O–H groups in total. The van der Waals surface area contributed by atoms with Crippen molar-refractivity contribution in [3.63, 3.8) is 0 Å². The van der Waals surface area contributed by atoms with Crippen molar-refractivity contribution < 1.29 is 14.0 Å². The zero-order chi connectivity index (χ0) is 25.1. The van der Waals surface area contributed by atoms with Gasteiger partial charge in [0, 0.05) is 30.9 Å². The number of fused-ring (bicyclic) bond motifs is 1. The first-order chi connectivity index (χ1) is 16.7. The Kier molecular flexibility index (Phi) is 7.94. The first-order valence-corrected chi connectivity index (χ1v) is 12.4. The fourth-order valence-corrected chi connectivity index (χ4v) is 5.00. The predicted octanol–water partition coefficient (Wildman–Crippen LogP) is 4.08. The lowest BCUT2D eigenvalue weighted by Gasteiger charge is -2.23. The van der Waals surface area contributed by atoms with Crippen LogP contribution in [0, 0.1) is 11.7 Å². The Morgan fingerprint density at radius 2 is 2.06 bits per heavy atom. The molecule has 35 heavy (non-hydrogen) atoms. The number of benzene rings is 1. The smallest absolute Gasteiger partial charge is 0.242 e. The summed E-state index contributed by atoms with van der Waals surface area (Å²) in [5.41, 5.74) is 2.44. The molecule has 186 valence electrons. The summed E-state index contributed by atoms with van der Waals surface area (Å²) in [6, 6.07) is 5.60. The highest BCUT2D eigenvalue weighted by Gasteiger charge is 2.36. The fourth-order valence-electron chi connectivity index (χ4n) is 4.60. The Labute approximate surface area is 213 Å². The summed E-state index contributed by atoms with van der Waals surface area (Å²) >= 11 is 12.1. The van der Waals surface area contributed by atoms with Crippen LogP contribution in [0.5, 0.6) is 0 Å². The van der Waals surface area contributed by atoms with E-state index in [0.717, 1.165) is 29.6 Å². The number of likely N-dealkylation sites (N-methyl/N-ethyl adjacent to an activating group) is 1. The van der Waals surface area contributed by atoms with E-state index in [9.17, 15) is 14.0 Å². The van der Waals surface area contributed by atoms with Crippen LogP contribution in [0.1, 0.15) is 31.4 Å². The summed E-state index contributed by atoms with van der Waals surface area (Å²) in [5, 5.41) is 7.16. The van der Waals surface area contributed by atoms with Crippen molar-refractivity contribution >= 4 is 46.0 Å². The van der Waals surface area contributed by atoms with Crippen molar-refractivity contribution in [1.82, 2.24) is 25.5 Å². The topological polar surface area (TPSA) is 90.1 Å². The molecular weight excluding hydrogens is 492 g/mol. The Morgan fingerprint density at radius 1 is 1.26 bits per heavy atom. The number of hydrogen-bond acceptors (Lipinski definition) is 4. The van der Waals surface area contributed by atoms with E-state index in [0.29, 0.717) is 23.5 Å². The van der Waals surface area contributed by atoms with Gasteiger partial charge < -0.3 is 15.6 Å². The SMILES string of the molecule is CCN1C[C@@H](Cc2ccc(F)c(Cl)c2)C[C@@H]1C(=O)N[C@@H](C)C(=O)NCc1cnc2[nH]cc(Cl)c2c1. The number of carbonyl (C=O) groups is 2. The highest BCUT2D eigenvalue weighted by Crippen LogP contribution is 2.28. The number of amides is 2. The highest BCUT2D eigenvalue weighted by atomic mass is 35.5. The molecule has 0 spiro atoms. The lowest BCUT2D eigenvalue weighted by Crippen LogP contribution is -2.50. The Morgan fingerprint density at radius 3 is 2.80 bits per heavy atom. The molecule has 7 nitrogen and oxygen atoms in total. The molecule has 4 rings (SSSR count). The molecule has 0 radical (unpaired) electrons. The van der Waals surface area contributed by atoms with Crippen molar-refractivity contribution in [2.24, 2.45) is 5.92 Å². The zero-order valence-electron chi connectivity index (χ0n) is 19.6. The lowest BCUT2D eigenvalue weighted by atomic mass is 9.96. The molecule has 1 fully saturated rings. The third-order valence-corrected chi connectivity index (χ3v) is 7.07. The number of pyridine rings is 1. The first kappa shape index (κ1) is 25.4. The second-order valence-corrected chi connectivity index (χ2v) is 9.80. The quantitative estimate of drug-likeness (QED) is 0.418. The maximum absolute atomic E-state index is 13.5. The summed E-state index contributed by atoms with van der Waals surface area (Å²) < 4.78 is 13.5. The molecule has 1 aliphatic heterocycles. The van der Waals surface area contributed by atoms with Gasteiger partial charge in [-0.2, -0.15) is 0 Å². The van der Waals surface area contributed by atoms with Gasteiger partial charge in [0.15, 0.2) is 0 Å². The third-order valence-electron chi connectivity index (χ3n) is 6.46. The highest BCUT2D eigenvalue weighted by molar-refractivity contribution is 6.35. The molecule has 2 aromatic heterocycles. The van der Waals surface area contributed by atoms with Crippen LogP contribution in [-0.4, -0.2) is 51.9 Å². The minimum Gasteiger partial charge on any atom is -0.350 e. The summed E-state index contributed by atoms with van der Waals surface area (Å²) in [5.74, 6) is -0.654. The van der Waals surface area contributed by atoms with Gasteiger partial charge in [0.1, 0.15) is 17.5 Å². The van der Waals surface area contributed by atoms with Gasteiger partial charge in [0.25, 0.3) is 0 Å². The summed E-state index contributed by atoms with van der Waals surface area (Å²) in [6.45, 7) is 5.42. The number of likely N-dealkylation sites (tertiary alicyclic amines) is 1. The number of carbonyl (C=O) groups excluding carboxylic acids is 2. The van der Waals surface area contributed by atoms with Crippen LogP contribution in [0.3, 0.4) is 0 Å². The van der Waals surface area contributed by atoms with Crippen LogP contribution in [0.25, 0.3) is 11.0 Å². The van der Waals surface area contributed by atoms with Crippen LogP contribution >= 0.6 is 23.2 Å². The number of nitrogens with one attached hydrogen (secondary N) is 3. The van der Waals surface area contributed by atoms with Gasteiger partial charge >= 0.3 is 0 Å². The van der Waals surface area contributed by atoms with Crippen molar-refractivity contribution in [3.8, 4) is 0 Å². The molecular formula is C25H28Cl2FN5O2. The Hall–Kier alpha value is -2.68. The van der Waals surface area contributed by atoms with E-state index in [2.05, 4.69) is 25.5 Å². The minimum absolute atomic E-state index is 0.105. The number of H-pyrrole nitrogens is 1. The van der Waals surface area contributed by atoms with Crippen LogP contribution in [-0.2, 0) is 22.6 Å². The van der Waals surface area contributed by atoms with Crippen LogP contribution < -0.4 is 10.6 Å². The second kappa shape index (κ2) is 10.9. The minimum atomic E-state index is -0.691. The number of hydrogen-bond donors (Lipinski definition) is 3. The average Bonchev–Trinajstić information content (AvgIpc) is 3.42. The van der Waals surface area contributed by atoms with E-state index in [1.807, 2.05) is 13.0 Å². The normalized spacial score (nSPS) is 19.1. The molecule has 0 saturated carbocycles. The number of aromatic nitrogens is 2. The van der Waals surface area contributed by atoms with Crippen LogP contribution in [0.15, 0.2) is 36.7 Å². The Bertz CT molecular complexity index is 1230. The number of halogens is 3. The standard InChI is InChI=1S/C25H28Cl2FN5O2/c1-3-33-13-16(6-15-4-5-21(28)19(26)8-15)9-22(33)25(35)32-14(2)24(34)31-11-17-7-18-20(27)12-30-23(18)29-10-17/h4-5,7-8,10,12,14,16,22H,3,6,9,11,13H2,1-2H3,(H,29,30)(H,31,34)(H,32,35)/t14-,16-,22+/m0/s1. The van der Waals surface area contributed by atoms with Crippen LogP contribution in [0.4, 0.5) is 4.39 Å². The molecule has 3 aromatic rings. The molecule has 1 aromatic carbocycles. The van der Waals surface area contributed by atoms with E-state index in [1.165, 1.54) is 6.07 Å². The number of nitrogens with zero attached hydrogens (tertiary/aromatic N) is 2. The van der Waals surface area contributed by atoms with Gasteiger partial charge in [-0.15, -0.1) is 0 Å². The molecule has 1 saturated heterocycles. The van der Waals surface area contributed by atoms with E-state index in [4.69, 9.17) is 23.2 Å². The van der Waals surface area contributed by atoms with Crippen molar-refractivity contribution in [2.45, 2.75) is 45.3 Å².